The fourth-order valence-corrected chi connectivity index (χ4v) is 2.24. The van der Waals surface area contributed by atoms with Crippen LogP contribution in [-0.4, -0.2) is 15.8 Å². The number of rotatable bonds is 5. The quantitative estimate of drug-likeness (QED) is 0.802. The third-order valence-electron chi connectivity index (χ3n) is 3.22. The summed E-state index contributed by atoms with van der Waals surface area (Å²) < 4.78 is 1.95. The maximum Gasteiger partial charge on any atom is 0.0547 e. The lowest BCUT2D eigenvalue weighted by Crippen LogP contribution is -2.30. The number of aromatic nitrogens is 2. The van der Waals surface area contributed by atoms with Gasteiger partial charge < -0.3 is 5.32 Å². The van der Waals surface area contributed by atoms with Crippen LogP contribution in [0.2, 0.25) is 0 Å². The third-order valence-corrected chi connectivity index (χ3v) is 3.22. The second kappa shape index (κ2) is 4.35. The zero-order chi connectivity index (χ0) is 10.8. The van der Waals surface area contributed by atoms with E-state index in [1.807, 2.05) is 17.9 Å². The first kappa shape index (κ1) is 10.7. The van der Waals surface area contributed by atoms with Gasteiger partial charge in [0.2, 0.25) is 0 Å². The van der Waals surface area contributed by atoms with Crippen molar-refractivity contribution >= 4 is 0 Å². The predicted octanol–water partition coefficient (Wildman–Crippen LogP) is 2.26. The second-order valence-electron chi connectivity index (χ2n) is 4.85. The molecule has 0 amide bonds. The maximum atomic E-state index is 4.19. The Labute approximate surface area is 91.9 Å². The SMILES string of the molecule is CC(CC1CC1)NC(C)c1ccnn1C. The molecule has 2 rings (SSSR count). The topological polar surface area (TPSA) is 29.9 Å². The first-order valence-corrected chi connectivity index (χ1v) is 5.90. The van der Waals surface area contributed by atoms with Crippen LogP contribution in [0.4, 0.5) is 0 Å². The molecule has 1 aromatic heterocycles. The van der Waals surface area contributed by atoms with Gasteiger partial charge in [0.1, 0.15) is 0 Å². The number of nitrogens with zero attached hydrogens (tertiary/aromatic N) is 2. The van der Waals surface area contributed by atoms with Gasteiger partial charge in [0.25, 0.3) is 0 Å². The van der Waals surface area contributed by atoms with Gasteiger partial charge in [-0.15, -0.1) is 0 Å². The highest BCUT2D eigenvalue weighted by molar-refractivity contribution is 5.05. The second-order valence-corrected chi connectivity index (χ2v) is 4.85. The molecule has 1 saturated carbocycles. The predicted molar refractivity (Wildman–Crippen MR) is 61.6 cm³/mol. The third kappa shape index (κ3) is 2.81. The standard InChI is InChI=1S/C12H21N3/c1-9(8-11-4-5-11)14-10(2)12-6-7-13-15(12)3/h6-7,9-11,14H,4-5,8H2,1-3H3. The van der Waals surface area contributed by atoms with Crippen molar-refractivity contribution in [3.63, 3.8) is 0 Å². The number of hydrogen-bond donors (Lipinski definition) is 1. The molecule has 2 unspecified atom stereocenters. The van der Waals surface area contributed by atoms with Gasteiger partial charge >= 0.3 is 0 Å². The van der Waals surface area contributed by atoms with Crippen molar-refractivity contribution in [2.45, 2.75) is 45.2 Å². The minimum Gasteiger partial charge on any atom is -0.306 e. The summed E-state index contributed by atoms with van der Waals surface area (Å²) >= 11 is 0. The van der Waals surface area contributed by atoms with Crippen LogP contribution in [0.15, 0.2) is 12.3 Å². The molecular formula is C12H21N3. The average molecular weight is 207 g/mol. The molecule has 1 N–H and O–H groups in total. The molecule has 1 aliphatic rings. The minimum absolute atomic E-state index is 0.395. The molecule has 1 fully saturated rings. The summed E-state index contributed by atoms with van der Waals surface area (Å²) in [7, 11) is 2.00. The summed E-state index contributed by atoms with van der Waals surface area (Å²) in [5, 5.41) is 7.83. The van der Waals surface area contributed by atoms with Crippen LogP contribution in [-0.2, 0) is 7.05 Å². The monoisotopic (exact) mass is 207 g/mol. The summed E-state index contributed by atoms with van der Waals surface area (Å²) in [5.41, 5.74) is 1.26. The highest BCUT2D eigenvalue weighted by Gasteiger charge is 2.24. The van der Waals surface area contributed by atoms with Crippen LogP contribution in [0.5, 0.6) is 0 Å². The van der Waals surface area contributed by atoms with Gasteiger partial charge in [-0.05, 0) is 32.3 Å². The molecule has 0 spiro atoms. The first-order chi connectivity index (χ1) is 7.16. The molecule has 1 aliphatic carbocycles. The highest BCUT2D eigenvalue weighted by Crippen LogP contribution is 2.33. The maximum absolute atomic E-state index is 4.19. The molecule has 1 aromatic rings. The Balaban J connectivity index is 1.85. The van der Waals surface area contributed by atoms with Crippen LogP contribution in [0.3, 0.4) is 0 Å². The van der Waals surface area contributed by atoms with Gasteiger partial charge in [0, 0.05) is 25.3 Å². The van der Waals surface area contributed by atoms with Crippen molar-refractivity contribution in [3.8, 4) is 0 Å². The van der Waals surface area contributed by atoms with Gasteiger partial charge in [-0.3, -0.25) is 4.68 Å². The molecule has 2 atom stereocenters. The van der Waals surface area contributed by atoms with E-state index in [2.05, 4.69) is 30.3 Å². The van der Waals surface area contributed by atoms with E-state index in [-0.39, 0.29) is 0 Å². The molecule has 0 aliphatic heterocycles. The Kier molecular flexibility index (Phi) is 3.10. The summed E-state index contributed by atoms with van der Waals surface area (Å²) in [6, 6.07) is 3.09. The van der Waals surface area contributed by atoms with E-state index in [0.29, 0.717) is 12.1 Å². The van der Waals surface area contributed by atoms with Crippen LogP contribution < -0.4 is 5.32 Å². The summed E-state index contributed by atoms with van der Waals surface area (Å²) in [4.78, 5) is 0. The smallest absolute Gasteiger partial charge is 0.0547 e. The Bertz CT molecular complexity index is 314. The molecule has 3 nitrogen and oxygen atoms in total. The van der Waals surface area contributed by atoms with E-state index in [1.165, 1.54) is 25.0 Å². The lowest BCUT2D eigenvalue weighted by atomic mass is 10.1. The molecule has 84 valence electrons. The number of hydrogen-bond acceptors (Lipinski definition) is 2. The Hall–Kier alpha value is -0.830. The molecule has 0 bridgehead atoms. The lowest BCUT2D eigenvalue weighted by molar-refractivity contribution is 0.424. The minimum atomic E-state index is 0.395. The number of aryl methyl sites for hydroxylation is 1. The van der Waals surface area contributed by atoms with E-state index in [4.69, 9.17) is 0 Å². The van der Waals surface area contributed by atoms with Crippen molar-refractivity contribution in [3.05, 3.63) is 18.0 Å². The van der Waals surface area contributed by atoms with Gasteiger partial charge in [0.15, 0.2) is 0 Å². The molecule has 0 aromatic carbocycles. The molecule has 0 saturated heterocycles. The summed E-state index contributed by atoms with van der Waals surface area (Å²) in [6.07, 6.45) is 6.06. The fourth-order valence-electron chi connectivity index (χ4n) is 2.24. The van der Waals surface area contributed by atoms with Crippen LogP contribution in [0, 0.1) is 5.92 Å². The van der Waals surface area contributed by atoms with Gasteiger partial charge in [0.05, 0.1) is 5.69 Å². The summed E-state index contributed by atoms with van der Waals surface area (Å²) in [6.45, 7) is 4.49. The highest BCUT2D eigenvalue weighted by atomic mass is 15.3. The zero-order valence-corrected chi connectivity index (χ0v) is 9.90. The normalized spacial score (nSPS) is 20.2. The molecule has 3 heteroatoms. The molecule has 1 heterocycles. The van der Waals surface area contributed by atoms with Crippen molar-refractivity contribution in [1.29, 1.82) is 0 Å². The zero-order valence-electron chi connectivity index (χ0n) is 9.90. The van der Waals surface area contributed by atoms with Gasteiger partial charge in [-0.25, -0.2) is 0 Å². The van der Waals surface area contributed by atoms with Crippen LogP contribution in [0.1, 0.15) is 44.8 Å². The largest absolute Gasteiger partial charge is 0.306 e. The van der Waals surface area contributed by atoms with Crippen molar-refractivity contribution < 1.29 is 0 Å². The van der Waals surface area contributed by atoms with Crippen LogP contribution in [0.25, 0.3) is 0 Å². The van der Waals surface area contributed by atoms with E-state index in [9.17, 15) is 0 Å². The van der Waals surface area contributed by atoms with Crippen LogP contribution >= 0.6 is 0 Å². The van der Waals surface area contributed by atoms with Crippen molar-refractivity contribution in [2.75, 3.05) is 0 Å². The lowest BCUT2D eigenvalue weighted by Gasteiger charge is -2.20. The fraction of sp³-hybridized carbons (Fsp3) is 0.750. The molecule has 0 radical (unpaired) electrons. The molecular weight excluding hydrogens is 186 g/mol. The Morgan fingerprint density at radius 1 is 1.53 bits per heavy atom. The van der Waals surface area contributed by atoms with E-state index in [1.54, 1.807) is 0 Å². The Morgan fingerprint density at radius 3 is 2.80 bits per heavy atom. The summed E-state index contributed by atoms with van der Waals surface area (Å²) in [5.74, 6) is 0.992. The molecule has 15 heavy (non-hydrogen) atoms. The van der Waals surface area contributed by atoms with Gasteiger partial charge in [-0.1, -0.05) is 12.8 Å². The first-order valence-electron chi connectivity index (χ1n) is 5.90. The van der Waals surface area contributed by atoms with E-state index < -0.39 is 0 Å². The van der Waals surface area contributed by atoms with Crippen molar-refractivity contribution in [2.24, 2.45) is 13.0 Å². The average Bonchev–Trinajstić information content (AvgIpc) is 2.85. The van der Waals surface area contributed by atoms with Crippen molar-refractivity contribution in [1.82, 2.24) is 15.1 Å². The number of nitrogens with one attached hydrogen (secondary N) is 1. The Morgan fingerprint density at radius 2 is 2.27 bits per heavy atom. The van der Waals surface area contributed by atoms with E-state index in [0.717, 1.165) is 5.92 Å². The van der Waals surface area contributed by atoms with E-state index >= 15 is 0 Å². The van der Waals surface area contributed by atoms with Gasteiger partial charge in [-0.2, -0.15) is 5.10 Å².